The Morgan fingerprint density at radius 3 is 2.89 bits per heavy atom. The lowest BCUT2D eigenvalue weighted by Crippen LogP contribution is -2.38. The van der Waals surface area contributed by atoms with Gasteiger partial charge in [0.25, 0.3) is 0 Å². The van der Waals surface area contributed by atoms with Gasteiger partial charge in [0, 0.05) is 48.1 Å². The van der Waals surface area contributed by atoms with Crippen molar-refractivity contribution < 1.29 is 4.21 Å². The lowest BCUT2D eigenvalue weighted by atomic mass is 10.2. The molecule has 0 saturated carbocycles. The summed E-state index contributed by atoms with van der Waals surface area (Å²) in [7, 11) is -0.658. The molecular formula is C13H20ClN3OS. The van der Waals surface area contributed by atoms with Gasteiger partial charge in [0.05, 0.1) is 5.02 Å². The number of nitrogens with zero attached hydrogens (tertiary/aromatic N) is 2. The Morgan fingerprint density at radius 2 is 2.21 bits per heavy atom. The van der Waals surface area contributed by atoms with E-state index in [0.29, 0.717) is 5.02 Å². The molecule has 0 bridgehead atoms. The monoisotopic (exact) mass is 301 g/mol. The van der Waals surface area contributed by atoms with E-state index in [1.165, 1.54) is 0 Å². The molecule has 0 unspecified atom stereocenters. The highest BCUT2D eigenvalue weighted by Gasteiger charge is 2.17. The van der Waals surface area contributed by atoms with Crippen LogP contribution >= 0.6 is 11.6 Å². The van der Waals surface area contributed by atoms with Crippen molar-refractivity contribution in [1.29, 1.82) is 0 Å². The smallest absolute Gasteiger partial charge is 0.128 e. The average Bonchev–Trinajstić information content (AvgIpc) is 2.42. The minimum atomic E-state index is -0.658. The van der Waals surface area contributed by atoms with Crippen LogP contribution < -0.4 is 10.2 Å². The zero-order valence-electron chi connectivity index (χ0n) is 11.2. The van der Waals surface area contributed by atoms with Crippen molar-refractivity contribution in [2.45, 2.75) is 19.9 Å². The fraction of sp³-hybridized carbons (Fsp3) is 0.615. The molecule has 4 nitrogen and oxygen atoms in total. The number of hydrogen-bond acceptors (Lipinski definition) is 4. The van der Waals surface area contributed by atoms with Crippen LogP contribution in [0.25, 0.3) is 0 Å². The quantitative estimate of drug-likeness (QED) is 0.843. The van der Waals surface area contributed by atoms with Crippen LogP contribution in [-0.2, 0) is 17.3 Å². The van der Waals surface area contributed by atoms with Crippen LogP contribution in [0, 0.1) is 0 Å². The van der Waals surface area contributed by atoms with E-state index in [9.17, 15) is 4.21 Å². The number of anilines is 1. The molecule has 1 saturated heterocycles. The largest absolute Gasteiger partial charge is 0.355 e. The predicted octanol–water partition coefficient (Wildman–Crippen LogP) is 1.80. The van der Waals surface area contributed by atoms with Crippen LogP contribution in [-0.4, -0.2) is 40.3 Å². The molecule has 2 rings (SSSR count). The summed E-state index contributed by atoms with van der Waals surface area (Å²) >= 11 is 6.17. The molecule has 0 spiro atoms. The Balaban J connectivity index is 2.05. The van der Waals surface area contributed by atoms with Crippen molar-refractivity contribution in [3.05, 3.63) is 22.8 Å². The van der Waals surface area contributed by atoms with Gasteiger partial charge < -0.3 is 10.2 Å². The lowest BCUT2D eigenvalue weighted by molar-refractivity contribution is 0.670. The van der Waals surface area contributed by atoms with E-state index in [1.54, 1.807) is 6.20 Å². The Kier molecular flexibility index (Phi) is 5.60. The molecule has 106 valence electrons. The minimum Gasteiger partial charge on any atom is -0.355 e. The molecule has 0 atom stereocenters. The third-order valence-corrected chi connectivity index (χ3v) is 4.78. The molecular weight excluding hydrogens is 282 g/mol. The van der Waals surface area contributed by atoms with E-state index in [1.807, 2.05) is 6.07 Å². The molecule has 0 radical (unpaired) electrons. The zero-order chi connectivity index (χ0) is 13.7. The molecule has 1 aromatic rings. The summed E-state index contributed by atoms with van der Waals surface area (Å²) in [5.41, 5.74) is 1.08. The maximum absolute atomic E-state index is 11.4. The molecule has 0 aliphatic carbocycles. The normalized spacial score (nSPS) is 16.8. The van der Waals surface area contributed by atoms with Gasteiger partial charge in [-0.25, -0.2) is 4.98 Å². The Bertz CT molecular complexity index is 446. The number of halogens is 1. The fourth-order valence-corrected chi connectivity index (χ4v) is 3.27. The highest BCUT2D eigenvalue weighted by Crippen LogP contribution is 2.21. The molecule has 6 heteroatoms. The molecule has 1 N–H and O–H groups in total. The van der Waals surface area contributed by atoms with Crippen molar-refractivity contribution >= 4 is 28.2 Å². The van der Waals surface area contributed by atoms with E-state index in [0.717, 1.165) is 55.5 Å². The first kappa shape index (κ1) is 14.8. The standard InChI is InChI=1S/C13H20ClN3OS/c1-2-3-15-9-11-8-13(16-10-12(11)14)17-4-6-19(18)7-5-17/h8,10,15H,2-7,9H2,1H3. The fourth-order valence-electron chi connectivity index (χ4n) is 2.04. The first-order valence-electron chi connectivity index (χ1n) is 6.65. The third-order valence-electron chi connectivity index (χ3n) is 3.16. The van der Waals surface area contributed by atoms with Crippen LogP contribution in [0.4, 0.5) is 5.82 Å². The highest BCUT2D eigenvalue weighted by molar-refractivity contribution is 7.85. The zero-order valence-corrected chi connectivity index (χ0v) is 12.8. The Hall–Kier alpha value is -0.650. The predicted molar refractivity (Wildman–Crippen MR) is 81.3 cm³/mol. The minimum absolute atomic E-state index is 0.658. The van der Waals surface area contributed by atoms with Crippen LogP contribution in [0.15, 0.2) is 12.3 Å². The van der Waals surface area contributed by atoms with Gasteiger partial charge in [0.15, 0.2) is 0 Å². The number of nitrogens with one attached hydrogen (secondary N) is 1. The van der Waals surface area contributed by atoms with Crippen molar-refractivity contribution in [3.63, 3.8) is 0 Å². The second-order valence-corrected chi connectivity index (χ2v) is 6.75. The maximum Gasteiger partial charge on any atom is 0.128 e. The second-order valence-electron chi connectivity index (χ2n) is 4.65. The molecule has 1 aromatic heterocycles. The summed E-state index contributed by atoms with van der Waals surface area (Å²) < 4.78 is 11.4. The highest BCUT2D eigenvalue weighted by atomic mass is 35.5. The van der Waals surface area contributed by atoms with E-state index in [4.69, 9.17) is 11.6 Å². The van der Waals surface area contributed by atoms with E-state index in [-0.39, 0.29) is 0 Å². The van der Waals surface area contributed by atoms with Crippen molar-refractivity contribution in [3.8, 4) is 0 Å². The summed E-state index contributed by atoms with van der Waals surface area (Å²) in [4.78, 5) is 6.56. The molecule has 0 aromatic carbocycles. The summed E-state index contributed by atoms with van der Waals surface area (Å²) in [6.45, 7) is 5.51. The van der Waals surface area contributed by atoms with Crippen LogP contribution in [0.3, 0.4) is 0 Å². The maximum atomic E-state index is 11.4. The molecule has 19 heavy (non-hydrogen) atoms. The number of rotatable bonds is 5. The third kappa shape index (κ3) is 4.16. The summed E-state index contributed by atoms with van der Waals surface area (Å²) in [5, 5.41) is 4.05. The van der Waals surface area contributed by atoms with E-state index >= 15 is 0 Å². The average molecular weight is 302 g/mol. The Labute approximate surface area is 122 Å². The number of pyridine rings is 1. The van der Waals surface area contributed by atoms with Gasteiger partial charge in [-0.2, -0.15) is 0 Å². The molecule has 1 aliphatic rings. The second kappa shape index (κ2) is 7.22. The Morgan fingerprint density at radius 1 is 1.47 bits per heavy atom. The number of hydrogen-bond donors (Lipinski definition) is 1. The molecule has 2 heterocycles. The lowest BCUT2D eigenvalue weighted by Gasteiger charge is -2.27. The van der Waals surface area contributed by atoms with E-state index in [2.05, 4.69) is 22.1 Å². The van der Waals surface area contributed by atoms with Gasteiger partial charge >= 0.3 is 0 Å². The van der Waals surface area contributed by atoms with Crippen LogP contribution in [0.5, 0.6) is 0 Å². The van der Waals surface area contributed by atoms with Gasteiger partial charge in [-0.3, -0.25) is 4.21 Å². The van der Waals surface area contributed by atoms with Crippen molar-refractivity contribution in [2.75, 3.05) is 36.0 Å². The van der Waals surface area contributed by atoms with Gasteiger partial charge in [-0.05, 0) is 24.6 Å². The summed E-state index contributed by atoms with van der Waals surface area (Å²) in [6.07, 6.45) is 2.82. The van der Waals surface area contributed by atoms with Gasteiger partial charge in [-0.15, -0.1) is 0 Å². The summed E-state index contributed by atoms with van der Waals surface area (Å²) in [6, 6.07) is 2.04. The van der Waals surface area contributed by atoms with Gasteiger partial charge in [0.1, 0.15) is 5.82 Å². The van der Waals surface area contributed by atoms with Crippen molar-refractivity contribution in [1.82, 2.24) is 10.3 Å². The topological polar surface area (TPSA) is 45.2 Å². The van der Waals surface area contributed by atoms with E-state index < -0.39 is 10.8 Å². The first-order chi connectivity index (χ1) is 9.20. The summed E-state index contributed by atoms with van der Waals surface area (Å²) in [5.74, 6) is 2.40. The molecule has 1 aliphatic heterocycles. The SMILES string of the molecule is CCCNCc1cc(N2CCS(=O)CC2)ncc1Cl. The number of aromatic nitrogens is 1. The molecule has 0 amide bonds. The van der Waals surface area contributed by atoms with Crippen LogP contribution in [0.1, 0.15) is 18.9 Å². The molecule has 1 fully saturated rings. The first-order valence-corrected chi connectivity index (χ1v) is 8.52. The van der Waals surface area contributed by atoms with Crippen LogP contribution in [0.2, 0.25) is 5.02 Å². The van der Waals surface area contributed by atoms with Gasteiger partial charge in [-0.1, -0.05) is 18.5 Å². The van der Waals surface area contributed by atoms with Crippen molar-refractivity contribution in [2.24, 2.45) is 0 Å². The van der Waals surface area contributed by atoms with Gasteiger partial charge in [0.2, 0.25) is 0 Å².